The van der Waals surface area contributed by atoms with Crippen LogP contribution < -0.4 is 15.5 Å². The van der Waals surface area contributed by atoms with E-state index in [9.17, 15) is 24.4 Å². The Morgan fingerprint density at radius 1 is 1.06 bits per heavy atom. The van der Waals surface area contributed by atoms with Crippen molar-refractivity contribution in [3.63, 3.8) is 0 Å². The minimum absolute atomic E-state index is 0.332. The third kappa shape index (κ3) is 5.81. The number of nitrogens with zero attached hydrogens (tertiary/aromatic N) is 3. The van der Waals surface area contributed by atoms with Gasteiger partial charge in [0.15, 0.2) is 6.17 Å². The van der Waals surface area contributed by atoms with Crippen molar-refractivity contribution in [1.29, 1.82) is 0 Å². The topological polar surface area (TPSA) is 132 Å². The second kappa shape index (κ2) is 11.0. The SMILES string of the molecule is COC(=O)CNC(=O)CN1C(=O)N(c2ccc(Cl)cc2)[C@H](N(O)C(=O)Nc2ccc(Cl)cc2)C1(C)C. The van der Waals surface area contributed by atoms with Gasteiger partial charge in [-0.3, -0.25) is 19.7 Å². The maximum atomic E-state index is 13.5. The molecule has 3 rings (SSSR count). The first-order chi connectivity index (χ1) is 16.9. The molecule has 1 aliphatic heterocycles. The van der Waals surface area contributed by atoms with Gasteiger partial charge in [-0.25, -0.2) is 9.59 Å². The van der Waals surface area contributed by atoms with E-state index in [2.05, 4.69) is 15.4 Å². The zero-order chi connectivity index (χ0) is 26.6. The standard InChI is InChI=1S/C23H25Cl2N5O6/c1-23(2)20(30(35)21(33)27-16-8-4-14(24)5-9-16)29(17-10-6-15(25)7-11-17)22(34)28(23)13-18(31)26-12-19(32)36-3/h4-11,20,35H,12-13H2,1-3H3,(H,26,31)(H,27,33)/t20-/m1/s1. The van der Waals surface area contributed by atoms with Crippen LogP contribution in [-0.2, 0) is 14.3 Å². The normalized spacial score (nSPS) is 16.5. The molecule has 1 heterocycles. The number of anilines is 2. The van der Waals surface area contributed by atoms with Crippen LogP contribution in [0.4, 0.5) is 21.0 Å². The van der Waals surface area contributed by atoms with Crippen LogP contribution in [0.25, 0.3) is 0 Å². The molecule has 0 spiro atoms. The minimum atomic E-state index is -1.27. The predicted octanol–water partition coefficient (Wildman–Crippen LogP) is 3.55. The van der Waals surface area contributed by atoms with Crippen LogP contribution in [0.5, 0.6) is 0 Å². The van der Waals surface area contributed by atoms with Crippen LogP contribution in [-0.4, -0.2) is 71.0 Å². The third-order valence-electron chi connectivity index (χ3n) is 5.61. The van der Waals surface area contributed by atoms with Gasteiger partial charge in [-0.2, -0.15) is 5.06 Å². The summed E-state index contributed by atoms with van der Waals surface area (Å²) in [6.07, 6.45) is -1.26. The van der Waals surface area contributed by atoms with Crippen molar-refractivity contribution in [3.05, 3.63) is 58.6 Å². The predicted molar refractivity (Wildman–Crippen MR) is 133 cm³/mol. The third-order valence-corrected chi connectivity index (χ3v) is 6.11. The molecule has 0 aromatic heterocycles. The van der Waals surface area contributed by atoms with Gasteiger partial charge >= 0.3 is 18.0 Å². The lowest BCUT2D eigenvalue weighted by Gasteiger charge is -2.38. The highest BCUT2D eigenvalue weighted by Gasteiger charge is 2.56. The molecule has 2 aromatic carbocycles. The molecule has 2 aromatic rings. The van der Waals surface area contributed by atoms with Gasteiger partial charge in [0.05, 0.1) is 12.6 Å². The van der Waals surface area contributed by atoms with Gasteiger partial charge in [0.25, 0.3) is 0 Å². The van der Waals surface area contributed by atoms with E-state index < -0.39 is 42.2 Å². The Kier molecular flexibility index (Phi) is 8.28. The molecule has 1 atom stereocenters. The molecule has 0 saturated carbocycles. The molecule has 1 fully saturated rings. The van der Waals surface area contributed by atoms with Crippen LogP contribution in [0.2, 0.25) is 10.0 Å². The molecule has 0 unspecified atom stereocenters. The number of hydrogen-bond acceptors (Lipinski definition) is 6. The lowest BCUT2D eigenvalue weighted by atomic mass is 9.99. The zero-order valence-corrected chi connectivity index (χ0v) is 21.2. The summed E-state index contributed by atoms with van der Waals surface area (Å²) in [5.74, 6) is -1.29. The number of benzene rings is 2. The number of carbonyl (C=O) groups is 4. The number of halogens is 2. The lowest BCUT2D eigenvalue weighted by molar-refractivity contribution is -0.141. The summed E-state index contributed by atoms with van der Waals surface area (Å²) >= 11 is 11.9. The first-order valence-electron chi connectivity index (χ1n) is 10.7. The molecular formula is C23H25Cl2N5O6. The quantitative estimate of drug-likeness (QED) is 0.281. The highest BCUT2D eigenvalue weighted by Crippen LogP contribution is 2.38. The summed E-state index contributed by atoms with van der Waals surface area (Å²) < 4.78 is 4.50. The summed E-state index contributed by atoms with van der Waals surface area (Å²) in [6.45, 7) is 2.36. The van der Waals surface area contributed by atoms with E-state index >= 15 is 0 Å². The zero-order valence-electron chi connectivity index (χ0n) is 19.7. The van der Waals surface area contributed by atoms with Crippen LogP contribution in [0.1, 0.15) is 13.8 Å². The van der Waals surface area contributed by atoms with Crippen molar-refractivity contribution in [3.8, 4) is 0 Å². The molecule has 0 radical (unpaired) electrons. The number of rotatable bonds is 7. The smallest absolute Gasteiger partial charge is 0.347 e. The Labute approximate surface area is 217 Å². The number of nitrogens with one attached hydrogen (secondary N) is 2. The first kappa shape index (κ1) is 27.1. The number of urea groups is 2. The van der Waals surface area contributed by atoms with E-state index in [0.717, 1.165) is 0 Å². The van der Waals surface area contributed by atoms with Gasteiger partial charge in [-0.15, -0.1) is 0 Å². The number of carbonyl (C=O) groups excluding carboxylic acids is 4. The molecule has 0 bridgehead atoms. The second-order valence-corrected chi connectivity index (χ2v) is 9.25. The molecular weight excluding hydrogens is 513 g/mol. The van der Waals surface area contributed by atoms with Crippen LogP contribution in [0.15, 0.2) is 48.5 Å². The first-order valence-corrected chi connectivity index (χ1v) is 11.5. The molecule has 5 amide bonds. The minimum Gasteiger partial charge on any atom is -0.468 e. The highest BCUT2D eigenvalue weighted by atomic mass is 35.5. The van der Waals surface area contributed by atoms with E-state index in [0.29, 0.717) is 26.5 Å². The molecule has 13 heteroatoms. The fraction of sp³-hybridized carbons (Fsp3) is 0.304. The summed E-state index contributed by atoms with van der Waals surface area (Å²) in [5, 5.41) is 17.2. The van der Waals surface area contributed by atoms with E-state index in [1.165, 1.54) is 16.9 Å². The lowest BCUT2D eigenvalue weighted by Crippen LogP contribution is -2.58. The monoisotopic (exact) mass is 537 g/mol. The van der Waals surface area contributed by atoms with Gasteiger partial charge in [0.2, 0.25) is 5.91 Å². The highest BCUT2D eigenvalue weighted by molar-refractivity contribution is 6.31. The van der Waals surface area contributed by atoms with Gasteiger partial charge in [-0.05, 0) is 62.4 Å². The van der Waals surface area contributed by atoms with Crippen molar-refractivity contribution in [2.45, 2.75) is 25.6 Å². The summed E-state index contributed by atoms with van der Waals surface area (Å²) in [5.41, 5.74) is -0.577. The van der Waals surface area contributed by atoms with E-state index in [-0.39, 0.29) is 6.54 Å². The van der Waals surface area contributed by atoms with Gasteiger partial charge in [-0.1, -0.05) is 23.2 Å². The molecule has 192 valence electrons. The average molecular weight is 538 g/mol. The second-order valence-electron chi connectivity index (χ2n) is 8.38. The number of ether oxygens (including phenoxy) is 1. The van der Waals surface area contributed by atoms with Crippen molar-refractivity contribution in [2.75, 3.05) is 30.4 Å². The van der Waals surface area contributed by atoms with Crippen LogP contribution >= 0.6 is 23.2 Å². The van der Waals surface area contributed by atoms with Crippen LogP contribution in [0.3, 0.4) is 0 Å². The summed E-state index contributed by atoms with van der Waals surface area (Å²) in [4.78, 5) is 52.8. The Morgan fingerprint density at radius 3 is 2.17 bits per heavy atom. The van der Waals surface area contributed by atoms with Gasteiger partial charge in [0, 0.05) is 21.4 Å². The van der Waals surface area contributed by atoms with Crippen LogP contribution in [0, 0.1) is 0 Å². The fourth-order valence-corrected chi connectivity index (χ4v) is 3.99. The Balaban J connectivity index is 1.91. The summed E-state index contributed by atoms with van der Waals surface area (Å²) in [6, 6.07) is 10.9. The van der Waals surface area contributed by atoms with Gasteiger partial charge in [0.1, 0.15) is 13.1 Å². The molecule has 3 N–H and O–H groups in total. The molecule has 1 aliphatic rings. The number of methoxy groups -OCH3 is 1. The summed E-state index contributed by atoms with van der Waals surface area (Å²) in [7, 11) is 1.18. The Bertz CT molecular complexity index is 1140. The fourth-order valence-electron chi connectivity index (χ4n) is 3.74. The molecule has 36 heavy (non-hydrogen) atoms. The maximum absolute atomic E-state index is 13.5. The van der Waals surface area contributed by atoms with E-state index in [1.807, 2.05) is 0 Å². The maximum Gasteiger partial charge on any atom is 0.347 e. The Hall–Kier alpha value is -3.54. The Morgan fingerprint density at radius 2 is 1.61 bits per heavy atom. The molecule has 1 saturated heterocycles. The van der Waals surface area contributed by atoms with Crippen molar-refractivity contribution in [2.24, 2.45) is 0 Å². The van der Waals surface area contributed by atoms with Gasteiger partial charge < -0.3 is 20.3 Å². The number of amides is 5. The molecule has 0 aliphatic carbocycles. The van der Waals surface area contributed by atoms with Crippen molar-refractivity contribution >= 4 is 58.5 Å². The van der Waals surface area contributed by atoms with E-state index in [1.54, 1.807) is 62.4 Å². The number of hydroxylamine groups is 2. The molecule has 11 nitrogen and oxygen atoms in total. The average Bonchev–Trinajstić information content (AvgIpc) is 3.04. The van der Waals surface area contributed by atoms with E-state index in [4.69, 9.17) is 23.2 Å². The van der Waals surface area contributed by atoms with Crippen molar-refractivity contribution in [1.82, 2.24) is 15.3 Å². The van der Waals surface area contributed by atoms with Crippen molar-refractivity contribution < 1.29 is 29.1 Å². The number of hydrogen-bond donors (Lipinski definition) is 3. The number of esters is 1. The largest absolute Gasteiger partial charge is 0.468 e.